The van der Waals surface area contributed by atoms with Gasteiger partial charge < -0.3 is 24.4 Å². The number of hydrogen-bond acceptors (Lipinski definition) is 6. The molecular formula is C22H24N2O6. The van der Waals surface area contributed by atoms with Crippen molar-refractivity contribution in [3.63, 3.8) is 0 Å². The maximum absolute atomic E-state index is 12.4. The average molecular weight is 412 g/mol. The SMILES string of the molecule is COc1ccc(NC(=O)COC(=O)[C@H]2CC(=O)N(c3cccc(C)c3)C2)c(OC)c1. The molecule has 1 aliphatic heterocycles. The lowest BCUT2D eigenvalue weighted by molar-refractivity contribution is -0.151. The Morgan fingerprint density at radius 2 is 1.93 bits per heavy atom. The van der Waals surface area contributed by atoms with Crippen LogP contribution in [-0.2, 0) is 19.1 Å². The quantitative estimate of drug-likeness (QED) is 0.703. The van der Waals surface area contributed by atoms with Crippen molar-refractivity contribution in [2.45, 2.75) is 13.3 Å². The van der Waals surface area contributed by atoms with E-state index in [-0.39, 0.29) is 18.9 Å². The Morgan fingerprint density at radius 3 is 2.63 bits per heavy atom. The summed E-state index contributed by atoms with van der Waals surface area (Å²) in [5, 5.41) is 2.63. The Hall–Kier alpha value is -3.55. The molecule has 1 heterocycles. The molecule has 8 nitrogen and oxygen atoms in total. The Bertz CT molecular complexity index is 958. The van der Waals surface area contributed by atoms with Crippen molar-refractivity contribution in [3.05, 3.63) is 48.0 Å². The highest BCUT2D eigenvalue weighted by atomic mass is 16.5. The number of aryl methyl sites for hydroxylation is 1. The molecule has 2 amide bonds. The van der Waals surface area contributed by atoms with Gasteiger partial charge in [-0.2, -0.15) is 0 Å². The van der Waals surface area contributed by atoms with Gasteiger partial charge in [-0.1, -0.05) is 12.1 Å². The molecule has 2 aromatic carbocycles. The molecule has 3 rings (SSSR count). The molecule has 0 aliphatic carbocycles. The van der Waals surface area contributed by atoms with Crippen LogP contribution >= 0.6 is 0 Å². The third-order valence-electron chi connectivity index (χ3n) is 4.80. The Labute approximate surface area is 174 Å². The first-order valence-electron chi connectivity index (χ1n) is 9.47. The van der Waals surface area contributed by atoms with Crippen LogP contribution in [0.1, 0.15) is 12.0 Å². The molecule has 0 unspecified atom stereocenters. The van der Waals surface area contributed by atoms with E-state index in [1.54, 1.807) is 23.1 Å². The summed E-state index contributed by atoms with van der Waals surface area (Å²) in [4.78, 5) is 38.5. The van der Waals surface area contributed by atoms with Crippen LogP contribution < -0.4 is 19.7 Å². The molecule has 1 aliphatic rings. The molecule has 0 aromatic heterocycles. The van der Waals surface area contributed by atoms with Crippen LogP contribution in [0.3, 0.4) is 0 Å². The number of nitrogens with one attached hydrogen (secondary N) is 1. The smallest absolute Gasteiger partial charge is 0.311 e. The molecule has 30 heavy (non-hydrogen) atoms. The highest BCUT2D eigenvalue weighted by Gasteiger charge is 2.36. The van der Waals surface area contributed by atoms with Crippen LogP contribution in [0.15, 0.2) is 42.5 Å². The predicted octanol–water partition coefficient (Wildman–Crippen LogP) is 2.55. The standard InChI is InChI=1S/C22H24N2O6/c1-14-5-4-6-16(9-14)24-12-15(10-21(24)26)22(27)30-13-20(25)23-18-8-7-17(28-2)11-19(18)29-3/h4-9,11,15H,10,12-13H2,1-3H3,(H,23,25)/t15-/m0/s1. The van der Waals surface area contributed by atoms with Gasteiger partial charge in [0.15, 0.2) is 6.61 Å². The average Bonchev–Trinajstić information content (AvgIpc) is 3.14. The largest absolute Gasteiger partial charge is 0.497 e. The lowest BCUT2D eigenvalue weighted by Crippen LogP contribution is -2.28. The van der Waals surface area contributed by atoms with E-state index in [0.29, 0.717) is 17.2 Å². The summed E-state index contributed by atoms with van der Waals surface area (Å²) in [5.74, 6) is -0.831. The summed E-state index contributed by atoms with van der Waals surface area (Å²) in [6.07, 6.45) is 0.0562. The van der Waals surface area contributed by atoms with Gasteiger partial charge in [-0.05, 0) is 36.8 Å². The van der Waals surface area contributed by atoms with E-state index in [4.69, 9.17) is 14.2 Å². The van der Waals surface area contributed by atoms with Crippen molar-refractivity contribution in [1.29, 1.82) is 0 Å². The van der Waals surface area contributed by atoms with Gasteiger partial charge in [-0.25, -0.2) is 0 Å². The van der Waals surface area contributed by atoms with Gasteiger partial charge in [0.2, 0.25) is 5.91 Å². The van der Waals surface area contributed by atoms with E-state index in [1.165, 1.54) is 14.2 Å². The van der Waals surface area contributed by atoms with Gasteiger partial charge in [0, 0.05) is 24.7 Å². The lowest BCUT2D eigenvalue weighted by atomic mass is 10.1. The van der Waals surface area contributed by atoms with E-state index < -0.39 is 24.4 Å². The minimum Gasteiger partial charge on any atom is -0.497 e. The molecule has 1 saturated heterocycles. The van der Waals surface area contributed by atoms with Crippen LogP contribution in [0.4, 0.5) is 11.4 Å². The number of hydrogen-bond donors (Lipinski definition) is 1. The van der Waals surface area contributed by atoms with Crippen LogP contribution in [0.25, 0.3) is 0 Å². The number of amides is 2. The summed E-state index contributed by atoms with van der Waals surface area (Å²) >= 11 is 0. The highest BCUT2D eigenvalue weighted by Crippen LogP contribution is 2.29. The summed E-state index contributed by atoms with van der Waals surface area (Å²) < 4.78 is 15.5. The molecule has 1 fully saturated rings. The third-order valence-corrected chi connectivity index (χ3v) is 4.80. The van der Waals surface area contributed by atoms with Crippen LogP contribution in [-0.4, -0.2) is 45.2 Å². The van der Waals surface area contributed by atoms with Crippen molar-refractivity contribution in [2.24, 2.45) is 5.92 Å². The van der Waals surface area contributed by atoms with Gasteiger partial charge in [0.1, 0.15) is 11.5 Å². The van der Waals surface area contributed by atoms with E-state index in [2.05, 4.69) is 5.32 Å². The third kappa shape index (κ3) is 4.89. The zero-order chi connectivity index (χ0) is 21.7. The molecule has 0 spiro atoms. The zero-order valence-corrected chi connectivity index (χ0v) is 17.1. The van der Waals surface area contributed by atoms with Gasteiger partial charge in [-0.3, -0.25) is 14.4 Å². The Balaban J connectivity index is 1.54. The van der Waals surface area contributed by atoms with Crippen LogP contribution in [0.2, 0.25) is 0 Å². The van der Waals surface area contributed by atoms with Crippen molar-refractivity contribution in [2.75, 3.05) is 37.6 Å². The van der Waals surface area contributed by atoms with Crippen molar-refractivity contribution >= 4 is 29.2 Å². The first-order valence-corrected chi connectivity index (χ1v) is 9.47. The van der Waals surface area contributed by atoms with E-state index in [9.17, 15) is 14.4 Å². The maximum Gasteiger partial charge on any atom is 0.311 e. The summed E-state index contributed by atoms with van der Waals surface area (Å²) in [5.41, 5.74) is 2.21. The number of carbonyl (C=O) groups excluding carboxylic acids is 3. The van der Waals surface area contributed by atoms with Crippen molar-refractivity contribution in [3.8, 4) is 11.5 Å². The number of benzene rings is 2. The Morgan fingerprint density at radius 1 is 1.13 bits per heavy atom. The number of carbonyl (C=O) groups is 3. The number of esters is 1. The molecule has 0 radical (unpaired) electrons. The molecule has 1 N–H and O–H groups in total. The Kier molecular flexibility index (Phi) is 6.56. The second kappa shape index (κ2) is 9.30. The lowest BCUT2D eigenvalue weighted by Gasteiger charge is -2.17. The summed E-state index contributed by atoms with van der Waals surface area (Å²) in [6.45, 7) is 1.71. The first-order chi connectivity index (χ1) is 14.4. The molecule has 1 atom stereocenters. The number of anilines is 2. The number of nitrogens with zero attached hydrogens (tertiary/aromatic N) is 1. The normalized spacial score (nSPS) is 15.6. The van der Waals surface area contributed by atoms with Gasteiger partial charge in [0.25, 0.3) is 5.91 Å². The minimum atomic E-state index is -0.610. The number of rotatable bonds is 7. The fraction of sp³-hybridized carbons (Fsp3) is 0.318. The fourth-order valence-electron chi connectivity index (χ4n) is 3.25. The van der Waals surface area contributed by atoms with Gasteiger partial charge >= 0.3 is 5.97 Å². The second-order valence-corrected chi connectivity index (χ2v) is 6.97. The van der Waals surface area contributed by atoms with Crippen LogP contribution in [0.5, 0.6) is 11.5 Å². The minimum absolute atomic E-state index is 0.0562. The molecule has 0 saturated carbocycles. The monoisotopic (exact) mass is 412 g/mol. The van der Waals surface area contributed by atoms with E-state index in [0.717, 1.165) is 11.3 Å². The van der Waals surface area contributed by atoms with Crippen molar-refractivity contribution < 1.29 is 28.6 Å². The topological polar surface area (TPSA) is 94.2 Å². The molecule has 2 aromatic rings. The second-order valence-electron chi connectivity index (χ2n) is 6.97. The van der Waals surface area contributed by atoms with Gasteiger partial charge in [-0.15, -0.1) is 0 Å². The predicted molar refractivity (Wildman–Crippen MR) is 111 cm³/mol. The first kappa shape index (κ1) is 21.2. The number of methoxy groups -OCH3 is 2. The summed E-state index contributed by atoms with van der Waals surface area (Å²) in [6, 6.07) is 12.5. The fourth-order valence-corrected chi connectivity index (χ4v) is 3.25. The molecule has 0 bridgehead atoms. The zero-order valence-electron chi connectivity index (χ0n) is 17.1. The van der Waals surface area contributed by atoms with E-state index >= 15 is 0 Å². The van der Waals surface area contributed by atoms with Crippen molar-refractivity contribution in [1.82, 2.24) is 0 Å². The van der Waals surface area contributed by atoms with E-state index in [1.807, 2.05) is 31.2 Å². The number of ether oxygens (including phenoxy) is 3. The summed E-state index contributed by atoms with van der Waals surface area (Å²) in [7, 11) is 3.00. The highest BCUT2D eigenvalue weighted by molar-refractivity contribution is 6.00. The van der Waals surface area contributed by atoms with Crippen LogP contribution in [0, 0.1) is 12.8 Å². The van der Waals surface area contributed by atoms with Gasteiger partial charge in [0.05, 0.1) is 25.8 Å². The maximum atomic E-state index is 12.4. The molecule has 8 heteroatoms. The molecular weight excluding hydrogens is 388 g/mol. The molecule has 158 valence electrons.